The van der Waals surface area contributed by atoms with Gasteiger partial charge < -0.3 is 10.1 Å². The summed E-state index contributed by atoms with van der Waals surface area (Å²) in [5.74, 6) is 0. The third-order valence-corrected chi connectivity index (χ3v) is 3.12. The van der Waals surface area contributed by atoms with Crippen LogP contribution in [0.5, 0.6) is 0 Å². The highest BCUT2D eigenvalue weighted by atomic mass is 35.5. The van der Waals surface area contributed by atoms with Crippen molar-refractivity contribution in [3.05, 3.63) is 34.9 Å². The predicted molar refractivity (Wildman–Crippen MR) is 82.7 cm³/mol. The Labute approximate surface area is 122 Å². The Hall–Kier alpha value is -0.570. The summed E-state index contributed by atoms with van der Waals surface area (Å²) in [4.78, 5) is 0. The van der Waals surface area contributed by atoms with Gasteiger partial charge in [0.05, 0.1) is 12.7 Å². The van der Waals surface area contributed by atoms with E-state index in [-0.39, 0.29) is 11.6 Å². The van der Waals surface area contributed by atoms with E-state index in [1.165, 1.54) is 5.56 Å². The molecule has 19 heavy (non-hydrogen) atoms. The van der Waals surface area contributed by atoms with Gasteiger partial charge in [-0.3, -0.25) is 0 Å². The Morgan fingerprint density at radius 3 is 2.37 bits per heavy atom. The molecule has 2 nitrogen and oxygen atoms in total. The van der Waals surface area contributed by atoms with Gasteiger partial charge in [0.25, 0.3) is 0 Å². The van der Waals surface area contributed by atoms with Crippen LogP contribution in [0.3, 0.4) is 0 Å². The summed E-state index contributed by atoms with van der Waals surface area (Å²) in [6.07, 6.45) is 2.48. The zero-order chi connectivity index (χ0) is 14.3. The molecule has 0 amide bonds. The van der Waals surface area contributed by atoms with Gasteiger partial charge in [0.15, 0.2) is 0 Å². The van der Waals surface area contributed by atoms with Crippen LogP contribution in [0, 0.1) is 0 Å². The van der Waals surface area contributed by atoms with Crippen LogP contribution < -0.4 is 5.32 Å². The molecule has 0 aliphatic carbocycles. The highest BCUT2D eigenvalue weighted by Gasteiger charge is 2.14. The number of ether oxygens (including phenoxy) is 1. The summed E-state index contributed by atoms with van der Waals surface area (Å²) in [6, 6.07) is 7.84. The van der Waals surface area contributed by atoms with E-state index in [2.05, 4.69) is 33.0 Å². The van der Waals surface area contributed by atoms with Gasteiger partial charge in [0.1, 0.15) is 0 Å². The molecular formula is C16H26ClNO. The van der Waals surface area contributed by atoms with Gasteiger partial charge in [-0.2, -0.15) is 0 Å². The molecule has 0 bridgehead atoms. The van der Waals surface area contributed by atoms with Gasteiger partial charge in [0.2, 0.25) is 0 Å². The molecule has 1 rings (SSSR count). The first-order valence-corrected chi connectivity index (χ1v) is 7.39. The summed E-state index contributed by atoms with van der Waals surface area (Å²) < 4.78 is 6.00. The molecule has 1 atom stereocenters. The van der Waals surface area contributed by atoms with Crippen molar-refractivity contribution in [1.82, 2.24) is 5.32 Å². The van der Waals surface area contributed by atoms with Crippen molar-refractivity contribution < 1.29 is 4.74 Å². The van der Waals surface area contributed by atoms with Crippen LogP contribution in [-0.4, -0.2) is 18.2 Å². The van der Waals surface area contributed by atoms with Crippen molar-refractivity contribution in [3.63, 3.8) is 0 Å². The zero-order valence-corrected chi connectivity index (χ0v) is 13.3. The van der Waals surface area contributed by atoms with Crippen molar-refractivity contribution >= 4 is 11.6 Å². The van der Waals surface area contributed by atoms with Gasteiger partial charge in [-0.05, 0) is 44.9 Å². The average Bonchev–Trinajstić information content (AvgIpc) is 2.34. The number of hydrogen-bond donors (Lipinski definition) is 1. The number of benzene rings is 1. The molecule has 1 unspecified atom stereocenters. The van der Waals surface area contributed by atoms with Crippen LogP contribution >= 0.6 is 11.6 Å². The fourth-order valence-electron chi connectivity index (χ4n) is 1.78. The summed E-state index contributed by atoms with van der Waals surface area (Å²) in [5.41, 5.74) is 1.30. The topological polar surface area (TPSA) is 21.3 Å². The van der Waals surface area contributed by atoms with Crippen molar-refractivity contribution in [2.24, 2.45) is 0 Å². The summed E-state index contributed by atoms with van der Waals surface area (Å²) >= 11 is 5.87. The average molecular weight is 284 g/mol. The first-order valence-electron chi connectivity index (χ1n) is 7.02. The first-order chi connectivity index (χ1) is 8.90. The van der Waals surface area contributed by atoms with Gasteiger partial charge >= 0.3 is 0 Å². The molecule has 1 N–H and O–H groups in total. The second kappa shape index (κ2) is 7.88. The van der Waals surface area contributed by atoms with Crippen molar-refractivity contribution in [3.8, 4) is 0 Å². The monoisotopic (exact) mass is 283 g/mol. The van der Waals surface area contributed by atoms with Gasteiger partial charge in [-0.25, -0.2) is 0 Å². The highest BCUT2D eigenvalue weighted by Crippen LogP contribution is 2.12. The van der Waals surface area contributed by atoms with Crippen molar-refractivity contribution in [2.75, 3.05) is 6.54 Å². The van der Waals surface area contributed by atoms with Crippen LogP contribution in [0.4, 0.5) is 0 Å². The molecular weight excluding hydrogens is 258 g/mol. The second-order valence-corrected chi connectivity index (χ2v) is 6.42. The lowest BCUT2D eigenvalue weighted by molar-refractivity contribution is 0.0310. The Morgan fingerprint density at radius 1 is 1.21 bits per heavy atom. The summed E-state index contributed by atoms with van der Waals surface area (Å²) in [5, 5.41) is 4.27. The highest BCUT2D eigenvalue weighted by molar-refractivity contribution is 6.30. The SMILES string of the molecule is CCCC(CNC(C)(C)C)OCc1ccc(Cl)cc1. The molecule has 0 spiro atoms. The van der Waals surface area contributed by atoms with Crippen LogP contribution in [0.1, 0.15) is 46.1 Å². The van der Waals surface area contributed by atoms with Crippen LogP contribution in [-0.2, 0) is 11.3 Å². The minimum atomic E-state index is 0.135. The quantitative estimate of drug-likeness (QED) is 0.800. The molecule has 0 saturated carbocycles. The van der Waals surface area contributed by atoms with Crippen LogP contribution in [0.2, 0.25) is 5.02 Å². The molecule has 0 fully saturated rings. The van der Waals surface area contributed by atoms with Crippen LogP contribution in [0.15, 0.2) is 24.3 Å². The molecule has 3 heteroatoms. The fraction of sp³-hybridized carbons (Fsp3) is 0.625. The number of rotatable bonds is 7. The van der Waals surface area contributed by atoms with Gasteiger partial charge in [0, 0.05) is 17.1 Å². The third kappa shape index (κ3) is 7.56. The first kappa shape index (κ1) is 16.5. The Balaban J connectivity index is 2.42. The van der Waals surface area contributed by atoms with E-state index in [1.54, 1.807) is 0 Å². The van der Waals surface area contributed by atoms with E-state index in [0.717, 1.165) is 24.4 Å². The van der Waals surface area contributed by atoms with Gasteiger partial charge in [-0.15, -0.1) is 0 Å². The van der Waals surface area contributed by atoms with Crippen molar-refractivity contribution in [2.45, 2.75) is 58.8 Å². The summed E-state index contributed by atoms with van der Waals surface area (Å²) in [6.45, 7) is 10.3. The standard InChI is InChI=1S/C16H26ClNO/c1-5-6-15(11-18-16(2,3)4)19-12-13-7-9-14(17)10-8-13/h7-10,15,18H,5-6,11-12H2,1-4H3. The molecule has 0 saturated heterocycles. The maximum absolute atomic E-state index is 6.00. The maximum Gasteiger partial charge on any atom is 0.0721 e. The largest absolute Gasteiger partial charge is 0.372 e. The summed E-state index contributed by atoms with van der Waals surface area (Å²) in [7, 11) is 0. The Morgan fingerprint density at radius 2 is 1.84 bits per heavy atom. The molecule has 0 heterocycles. The normalized spacial score (nSPS) is 13.5. The van der Waals surface area contributed by atoms with Gasteiger partial charge in [-0.1, -0.05) is 37.1 Å². The second-order valence-electron chi connectivity index (χ2n) is 5.98. The molecule has 0 aromatic heterocycles. The number of halogens is 1. The molecule has 0 aliphatic heterocycles. The predicted octanol–water partition coefficient (Wildman–Crippen LogP) is 4.41. The van der Waals surface area contributed by atoms with E-state index in [9.17, 15) is 0 Å². The minimum Gasteiger partial charge on any atom is -0.372 e. The smallest absolute Gasteiger partial charge is 0.0721 e. The van der Waals surface area contributed by atoms with E-state index in [0.29, 0.717) is 6.61 Å². The minimum absolute atomic E-state index is 0.135. The number of hydrogen-bond acceptors (Lipinski definition) is 2. The van der Waals surface area contributed by atoms with E-state index >= 15 is 0 Å². The molecule has 108 valence electrons. The van der Waals surface area contributed by atoms with Crippen LogP contribution in [0.25, 0.3) is 0 Å². The lowest BCUT2D eigenvalue weighted by Gasteiger charge is -2.25. The van der Waals surface area contributed by atoms with Crippen molar-refractivity contribution in [1.29, 1.82) is 0 Å². The lowest BCUT2D eigenvalue weighted by atomic mass is 10.1. The number of nitrogens with one attached hydrogen (secondary N) is 1. The van der Waals surface area contributed by atoms with E-state index in [4.69, 9.17) is 16.3 Å². The molecule has 0 radical (unpaired) electrons. The van der Waals surface area contributed by atoms with E-state index < -0.39 is 0 Å². The molecule has 0 aliphatic rings. The Bertz CT molecular complexity index is 356. The Kier molecular flexibility index (Phi) is 6.84. The molecule has 1 aromatic carbocycles. The van der Waals surface area contributed by atoms with E-state index in [1.807, 2.05) is 24.3 Å². The lowest BCUT2D eigenvalue weighted by Crippen LogP contribution is -2.41. The third-order valence-electron chi connectivity index (χ3n) is 2.87. The zero-order valence-electron chi connectivity index (χ0n) is 12.5. The maximum atomic E-state index is 6.00. The molecule has 1 aromatic rings. The fourth-order valence-corrected chi connectivity index (χ4v) is 1.91.